The summed E-state index contributed by atoms with van der Waals surface area (Å²) in [6, 6.07) is 6.30. The first-order valence-electron chi connectivity index (χ1n) is 6.93. The fraction of sp³-hybridized carbons (Fsp3) is 0.333. The maximum absolute atomic E-state index is 12.1. The van der Waals surface area contributed by atoms with Crippen molar-refractivity contribution >= 4 is 23.8 Å². The van der Waals surface area contributed by atoms with Crippen molar-refractivity contribution in [2.75, 3.05) is 6.54 Å². The van der Waals surface area contributed by atoms with Gasteiger partial charge in [0.1, 0.15) is 12.1 Å². The highest BCUT2D eigenvalue weighted by Crippen LogP contribution is 2.20. The predicted molar refractivity (Wildman–Crippen MR) is 79.3 cm³/mol. The Hall–Kier alpha value is -2.90. The SMILES string of the molecule is CC1(C)C(=O)NC(=O)N1CC(=O)NC(C(=O)O)c1ccccc1. The smallest absolute Gasteiger partial charge is 0.330 e. The van der Waals surface area contributed by atoms with Crippen molar-refractivity contribution in [2.45, 2.75) is 25.4 Å². The minimum Gasteiger partial charge on any atom is -0.479 e. The summed E-state index contributed by atoms with van der Waals surface area (Å²) in [6.07, 6.45) is 0. The van der Waals surface area contributed by atoms with E-state index in [9.17, 15) is 24.3 Å². The van der Waals surface area contributed by atoms with Crippen LogP contribution in [0.1, 0.15) is 25.5 Å². The Morgan fingerprint density at radius 2 is 1.87 bits per heavy atom. The summed E-state index contributed by atoms with van der Waals surface area (Å²) in [5.74, 6) is -2.39. The van der Waals surface area contributed by atoms with Crippen LogP contribution < -0.4 is 10.6 Å². The number of amides is 4. The Bertz CT molecular complexity index is 656. The molecule has 4 amide bonds. The molecule has 8 nitrogen and oxygen atoms in total. The van der Waals surface area contributed by atoms with E-state index in [2.05, 4.69) is 10.6 Å². The first-order valence-corrected chi connectivity index (χ1v) is 6.93. The Balaban J connectivity index is 2.10. The van der Waals surface area contributed by atoms with Crippen LogP contribution in [0.15, 0.2) is 30.3 Å². The molecule has 8 heteroatoms. The molecule has 1 saturated heterocycles. The van der Waals surface area contributed by atoms with Crippen LogP contribution in [0.4, 0.5) is 4.79 Å². The molecule has 0 aromatic heterocycles. The maximum Gasteiger partial charge on any atom is 0.330 e. The van der Waals surface area contributed by atoms with Crippen LogP contribution in [-0.2, 0) is 14.4 Å². The summed E-state index contributed by atoms with van der Waals surface area (Å²) in [4.78, 5) is 47.9. The van der Waals surface area contributed by atoms with Gasteiger partial charge in [-0.25, -0.2) is 9.59 Å². The monoisotopic (exact) mass is 319 g/mol. The molecule has 0 radical (unpaired) electrons. The van der Waals surface area contributed by atoms with Crippen molar-refractivity contribution in [1.29, 1.82) is 0 Å². The Kier molecular flexibility index (Phi) is 4.35. The van der Waals surface area contributed by atoms with Gasteiger partial charge < -0.3 is 15.3 Å². The number of benzene rings is 1. The molecule has 23 heavy (non-hydrogen) atoms. The van der Waals surface area contributed by atoms with E-state index >= 15 is 0 Å². The molecule has 3 N–H and O–H groups in total. The van der Waals surface area contributed by atoms with Gasteiger partial charge in [-0.15, -0.1) is 0 Å². The van der Waals surface area contributed by atoms with E-state index in [4.69, 9.17) is 0 Å². The highest BCUT2D eigenvalue weighted by atomic mass is 16.4. The van der Waals surface area contributed by atoms with Crippen molar-refractivity contribution in [1.82, 2.24) is 15.5 Å². The highest BCUT2D eigenvalue weighted by molar-refractivity contribution is 6.07. The third-order valence-electron chi connectivity index (χ3n) is 3.68. The summed E-state index contributed by atoms with van der Waals surface area (Å²) in [7, 11) is 0. The van der Waals surface area contributed by atoms with Gasteiger partial charge in [-0.3, -0.25) is 14.9 Å². The van der Waals surface area contributed by atoms with Crippen LogP contribution in [0.3, 0.4) is 0 Å². The lowest BCUT2D eigenvalue weighted by Crippen LogP contribution is -2.49. The highest BCUT2D eigenvalue weighted by Gasteiger charge is 2.46. The van der Waals surface area contributed by atoms with Crippen LogP contribution in [0.2, 0.25) is 0 Å². The zero-order valence-corrected chi connectivity index (χ0v) is 12.7. The van der Waals surface area contributed by atoms with Crippen molar-refractivity contribution in [2.24, 2.45) is 0 Å². The molecule has 2 rings (SSSR count). The lowest BCUT2D eigenvalue weighted by Gasteiger charge is -2.27. The summed E-state index contributed by atoms with van der Waals surface area (Å²) in [5, 5.41) is 13.8. The number of carbonyl (C=O) groups excluding carboxylic acids is 3. The third kappa shape index (κ3) is 3.31. The fourth-order valence-corrected chi connectivity index (χ4v) is 2.25. The minimum absolute atomic E-state index is 0.412. The summed E-state index contributed by atoms with van der Waals surface area (Å²) in [6.45, 7) is 2.60. The van der Waals surface area contributed by atoms with E-state index in [-0.39, 0.29) is 0 Å². The van der Waals surface area contributed by atoms with E-state index in [1.807, 2.05) is 0 Å². The van der Waals surface area contributed by atoms with Crippen LogP contribution in [0, 0.1) is 0 Å². The van der Waals surface area contributed by atoms with Gasteiger partial charge in [0.05, 0.1) is 0 Å². The number of carboxylic acid groups (broad SMARTS) is 1. The van der Waals surface area contributed by atoms with Gasteiger partial charge in [0.2, 0.25) is 5.91 Å². The van der Waals surface area contributed by atoms with E-state index in [0.29, 0.717) is 5.56 Å². The van der Waals surface area contributed by atoms with Gasteiger partial charge in [-0.2, -0.15) is 0 Å². The number of rotatable bonds is 5. The number of imide groups is 1. The summed E-state index contributed by atoms with van der Waals surface area (Å²) >= 11 is 0. The number of nitrogens with one attached hydrogen (secondary N) is 2. The standard InChI is InChI=1S/C15H17N3O5/c1-15(2)13(22)17-14(23)18(15)8-10(19)16-11(12(20)21)9-6-4-3-5-7-9/h3-7,11H,8H2,1-2H3,(H,16,19)(H,20,21)(H,17,22,23). The largest absolute Gasteiger partial charge is 0.479 e. The summed E-state index contributed by atoms with van der Waals surface area (Å²) < 4.78 is 0. The molecule has 1 fully saturated rings. The number of hydrogen-bond acceptors (Lipinski definition) is 4. The fourth-order valence-electron chi connectivity index (χ4n) is 2.25. The number of urea groups is 1. The zero-order chi connectivity index (χ0) is 17.2. The van der Waals surface area contributed by atoms with Crippen LogP contribution in [-0.4, -0.2) is 45.9 Å². The molecule has 122 valence electrons. The van der Waals surface area contributed by atoms with Gasteiger partial charge >= 0.3 is 12.0 Å². The molecule has 1 aromatic carbocycles. The van der Waals surface area contributed by atoms with Crippen molar-refractivity contribution in [3.63, 3.8) is 0 Å². The topological polar surface area (TPSA) is 116 Å². The van der Waals surface area contributed by atoms with Crippen molar-refractivity contribution in [3.05, 3.63) is 35.9 Å². The lowest BCUT2D eigenvalue weighted by atomic mass is 10.0. The lowest BCUT2D eigenvalue weighted by molar-refractivity contribution is -0.142. The number of carbonyl (C=O) groups is 4. The first-order chi connectivity index (χ1) is 10.7. The van der Waals surface area contributed by atoms with Gasteiger partial charge in [-0.05, 0) is 19.4 Å². The quantitative estimate of drug-likeness (QED) is 0.673. The number of nitrogens with zero attached hydrogens (tertiary/aromatic N) is 1. The third-order valence-corrected chi connectivity index (χ3v) is 3.68. The zero-order valence-electron chi connectivity index (χ0n) is 12.7. The molecule has 1 atom stereocenters. The molecule has 1 aromatic rings. The number of hydrogen-bond donors (Lipinski definition) is 3. The molecular formula is C15H17N3O5. The van der Waals surface area contributed by atoms with Gasteiger partial charge in [-0.1, -0.05) is 30.3 Å². The maximum atomic E-state index is 12.1. The van der Waals surface area contributed by atoms with E-state index in [0.717, 1.165) is 4.90 Å². The Labute approximate surface area is 132 Å². The molecule has 1 aliphatic heterocycles. The second kappa shape index (κ2) is 6.07. The second-order valence-corrected chi connectivity index (χ2v) is 5.65. The normalized spacial score (nSPS) is 17.6. The predicted octanol–water partition coefficient (Wildman–Crippen LogP) is 0.259. The van der Waals surface area contributed by atoms with Crippen molar-refractivity contribution in [3.8, 4) is 0 Å². The van der Waals surface area contributed by atoms with E-state index < -0.39 is 41.9 Å². The molecule has 1 aliphatic rings. The number of carboxylic acids is 1. The first kappa shape index (κ1) is 16.5. The molecule has 0 aliphatic carbocycles. The van der Waals surface area contributed by atoms with Crippen LogP contribution in [0.25, 0.3) is 0 Å². The van der Waals surface area contributed by atoms with E-state index in [1.165, 1.54) is 13.8 Å². The average molecular weight is 319 g/mol. The second-order valence-electron chi connectivity index (χ2n) is 5.65. The minimum atomic E-state index is -1.23. The van der Waals surface area contributed by atoms with Crippen LogP contribution in [0.5, 0.6) is 0 Å². The molecule has 0 saturated carbocycles. The number of aliphatic carboxylic acids is 1. The van der Waals surface area contributed by atoms with Crippen LogP contribution >= 0.6 is 0 Å². The Morgan fingerprint density at radius 3 is 2.35 bits per heavy atom. The van der Waals surface area contributed by atoms with E-state index in [1.54, 1.807) is 30.3 Å². The molecule has 0 bridgehead atoms. The Morgan fingerprint density at radius 1 is 1.26 bits per heavy atom. The van der Waals surface area contributed by atoms with Gasteiger partial charge in [0.15, 0.2) is 6.04 Å². The average Bonchev–Trinajstić information content (AvgIpc) is 2.68. The molecule has 1 unspecified atom stereocenters. The molecule has 1 heterocycles. The summed E-state index contributed by atoms with van der Waals surface area (Å²) in [5.41, 5.74) is -0.755. The van der Waals surface area contributed by atoms with Crippen molar-refractivity contribution < 1.29 is 24.3 Å². The van der Waals surface area contributed by atoms with Gasteiger partial charge in [0.25, 0.3) is 5.91 Å². The molecular weight excluding hydrogens is 302 g/mol. The molecule has 0 spiro atoms. The van der Waals surface area contributed by atoms with Gasteiger partial charge in [0, 0.05) is 0 Å².